The van der Waals surface area contributed by atoms with E-state index in [-0.39, 0.29) is 0 Å². The highest BCUT2D eigenvalue weighted by Crippen LogP contribution is 2.31. The minimum Gasteiger partial charge on any atom is -0.497 e. The number of rotatable bonds is 7. The van der Waals surface area contributed by atoms with Crippen LogP contribution in [0.1, 0.15) is 13.8 Å². The van der Waals surface area contributed by atoms with Gasteiger partial charge < -0.3 is 24.8 Å². The van der Waals surface area contributed by atoms with Gasteiger partial charge in [-0.1, -0.05) is 6.07 Å². The highest BCUT2D eigenvalue weighted by Gasteiger charge is 2.36. The van der Waals surface area contributed by atoms with E-state index in [0.717, 1.165) is 0 Å². The Hall–Kier alpha value is -3.22. The first kappa shape index (κ1) is 20.1. The number of hydrogen-bond donors (Lipinski definition) is 2. The van der Waals surface area contributed by atoms with Crippen LogP contribution in [0.3, 0.4) is 0 Å². The van der Waals surface area contributed by atoms with Gasteiger partial charge in [0.25, 0.3) is 0 Å². The molecule has 0 spiro atoms. The maximum absolute atomic E-state index is 12.8. The van der Waals surface area contributed by atoms with Crippen LogP contribution in [0, 0.1) is 5.41 Å². The average Bonchev–Trinajstić information content (AvgIpc) is 2.67. The molecule has 7 nitrogen and oxygen atoms in total. The lowest BCUT2D eigenvalue weighted by Crippen LogP contribution is -2.41. The number of nitrogens with one attached hydrogen (secondary N) is 2. The fourth-order valence-electron chi connectivity index (χ4n) is 2.28. The van der Waals surface area contributed by atoms with Crippen molar-refractivity contribution in [2.45, 2.75) is 13.8 Å². The van der Waals surface area contributed by atoms with Crippen LogP contribution in [-0.2, 0) is 9.59 Å². The molecular formula is C20H24N2O5. The van der Waals surface area contributed by atoms with Crippen LogP contribution in [0.2, 0.25) is 0 Å². The topological polar surface area (TPSA) is 85.9 Å². The molecule has 27 heavy (non-hydrogen) atoms. The first-order valence-electron chi connectivity index (χ1n) is 8.30. The third-order valence-corrected chi connectivity index (χ3v) is 4.12. The van der Waals surface area contributed by atoms with Crippen LogP contribution in [-0.4, -0.2) is 33.1 Å². The largest absolute Gasteiger partial charge is 0.497 e. The van der Waals surface area contributed by atoms with E-state index in [1.165, 1.54) is 14.2 Å². The molecule has 2 rings (SSSR count). The minimum absolute atomic E-state index is 0.420. The summed E-state index contributed by atoms with van der Waals surface area (Å²) in [6.07, 6.45) is 0. The molecule has 0 bridgehead atoms. The minimum atomic E-state index is -1.34. The Morgan fingerprint density at radius 2 is 1.44 bits per heavy atom. The van der Waals surface area contributed by atoms with E-state index in [1.54, 1.807) is 63.4 Å². The van der Waals surface area contributed by atoms with Gasteiger partial charge in [-0.3, -0.25) is 9.59 Å². The second-order valence-electron chi connectivity index (χ2n) is 6.33. The van der Waals surface area contributed by atoms with Crippen molar-refractivity contribution in [1.82, 2.24) is 0 Å². The fraction of sp³-hybridized carbons (Fsp3) is 0.300. The summed E-state index contributed by atoms with van der Waals surface area (Å²) in [4.78, 5) is 25.4. The molecule has 144 valence electrons. The third kappa shape index (κ3) is 4.69. The van der Waals surface area contributed by atoms with Crippen LogP contribution < -0.4 is 24.8 Å². The van der Waals surface area contributed by atoms with Gasteiger partial charge in [0.15, 0.2) is 0 Å². The second kappa shape index (κ2) is 8.44. The molecule has 0 aromatic heterocycles. The van der Waals surface area contributed by atoms with Gasteiger partial charge in [0.1, 0.15) is 22.7 Å². The molecule has 0 aliphatic heterocycles. The Morgan fingerprint density at radius 1 is 0.815 bits per heavy atom. The van der Waals surface area contributed by atoms with Crippen molar-refractivity contribution in [3.8, 4) is 17.2 Å². The van der Waals surface area contributed by atoms with Crippen molar-refractivity contribution in [1.29, 1.82) is 0 Å². The second-order valence-corrected chi connectivity index (χ2v) is 6.33. The summed E-state index contributed by atoms with van der Waals surface area (Å²) in [5.74, 6) is 0.707. The molecule has 0 heterocycles. The summed E-state index contributed by atoms with van der Waals surface area (Å²) >= 11 is 0. The van der Waals surface area contributed by atoms with Gasteiger partial charge in [0.2, 0.25) is 11.8 Å². The Bertz CT molecular complexity index is 833. The summed E-state index contributed by atoms with van der Waals surface area (Å²) in [5, 5.41) is 5.48. The molecule has 2 aromatic carbocycles. The van der Waals surface area contributed by atoms with Gasteiger partial charge in [-0.2, -0.15) is 0 Å². The monoisotopic (exact) mass is 372 g/mol. The number of ether oxygens (including phenoxy) is 3. The number of anilines is 2. The standard InChI is InChI=1S/C20H24N2O5/c1-20(2,18(23)21-13-7-6-8-14(11-13)25-3)19(24)22-16-12-15(26-4)9-10-17(16)27-5/h6-12H,1-5H3,(H,21,23)(H,22,24). The molecule has 0 atom stereocenters. The number of carbonyl (C=O) groups is 2. The molecule has 0 aliphatic rings. The average molecular weight is 372 g/mol. The molecule has 0 saturated carbocycles. The first-order chi connectivity index (χ1) is 12.8. The van der Waals surface area contributed by atoms with Crippen molar-refractivity contribution in [2.24, 2.45) is 5.41 Å². The molecule has 2 aromatic rings. The van der Waals surface area contributed by atoms with Crippen LogP contribution in [0.15, 0.2) is 42.5 Å². The normalized spacial score (nSPS) is 10.7. The molecule has 0 fully saturated rings. The molecule has 7 heteroatoms. The molecular weight excluding hydrogens is 348 g/mol. The van der Waals surface area contributed by atoms with E-state index in [2.05, 4.69) is 10.6 Å². The molecule has 2 N–H and O–H groups in total. The Balaban J connectivity index is 2.17. The van der Waals surface area contributed by atoms with Gasteiger partial charge in [0, 0.05) is 17.8 Å². The maximum Gasteiger partial charge on any atom is 0.239 e. The maximum atomic E-state index is 12.8. The van der Waals surface area contributed by atoms with Crippen LogP contribution in [0.5, 0.6) is 17.2 Å². The predicted molar refractivity (Wildman–Crippen MR) is 104 cm³/mol. The Kier molecular flexibility index (Phi) is 6.28. The molecule has 0 saturated heterocycles. The quantitative estimate of drug-likeness (QED) is 0.728. The lowest BCUT2D eigenvalue weighted by atomic mass is 9.90. The van der Waals surface area contributed by atoms with Crippen LogP contribution in [0.25, 0.3) is 0 Å². The summed E-state index contributed by atoms with van der Waals surface area (Å²) in [7, 11) is 4.57. The summed E-state index contributed by atoms with van der Waals surface area (Å²) in [6, 6.07) is 11.9. The third-order valence-electron chi connectivity index (χ3n) is 4.12. The fourth-order valence-corrected chi connectivity index (χ4v) is 2.28. The highest BCUT2D eigenvalue weighted by molar-refractivity contribution is 6.14. The molecule has 2 amide bonds. The van der Waals surface area contributed by atoms with E-state index in [1.807, 2.05) is 0 Å². The van der Waals surface area contributed by atoms with Crippen LogP contribution >= 0.6 is 0 Å². The van der Waals surface area contributed by atoms with Crippen molar-refractivity contribution in [3.63, 3.8) is 0 Å². The van der Waals surface area contributed by atoms with Crippen LogP contribution in [0.4, 0.5) is 11.4 Å². The zero-order chi connectivity index (χ0) is 20.0. The van der Waals surface area contributed by atoms with E-state index in [0.29, 0.717) is 28.6 Å². The molecule has 0 radical (unpaired) electrons. The van der Waals surface area contributed by atoms with Crippen molar-refractivity contribution >= 4 is 23.2 Å². The lowest BCUT2D eigenvalue weighted by molar-refractivity contribution is -0.135. The zero-order valence-electron chi connectivity index (χ0n) is 16.1. The van der Waals surface area contributed by atoms with Crippen molar-refractivity contribution in [3.05, 3.63) is 42.5 Å². The SMILES string of the molecule is COc1cccc(NC(=O)C(C)(C)C(=O)Nc2cc(OC)ccc2OC)c1. The Labute approximate surface area is 158 Å². The summed E-state index contributed by atoms with van der Waals surface area (Å²) < 4.78 is 15.6. The number of hydrogen-bond acceptors (Lipinski definition) is 5. The van der Waals surface area contributed by atoms with Gasteiger partial charge in [-0.15, -0.1) is 0 Å². The van der Waals surface area contributed by atoms with Crippen molar-refractivity contribution < 1.29 is 23.8 Å². The van der Waals surface area contributed by atoms with Gasteiger partial charge >= 0.3 is 0 Å². The Morgan fingerprint density at radius 3 is 2.07 bits per heavy atom. The van der Waals surface area contributed by atoms with E-state index < -0.39 is 17.2 Å². The van der Waals surface area contributed by atoms with Gasteiger partial charge in [-0.25, -0.2) is 0 Å². The number of amides is 2. The van der Waals surface area contributed by atoms with E-state index in [4.69, 9.17) is 14.2 Å². The number of carbonyl (C=O) groups excluding carboxylic acids is 2. The van der Waals surface area contributed by atoms with E-state index >= 15 is 0 Å². The highest BCUT2D eigenvalue weighted by atomic mass is 16.5. The lowest BCUT2D eigenvalue weighted by Gasteiger charge is -2.23. The summed E-state index contributed by atoms with van der Waals surface area (Å²) in [6.45, 7) is 3.09. The van der Waals surface area contributed by atoms with Gasteiger partial charge in [0.05, 0.1) is 27.0 Å². The predicted octanol–water partition coefficient (Wildman–Crippen LogP) is 3.32. The van der Waals surface area contributed by atoms with Crippen molar-refractivity contribution in [2.75, 3.05) is 32.0 Å². The summed E-state index contributed by atoms with van der Waals surface area (Å²) in [5.41, 5.74) is -0.375. The van der Waals surface area contributed by atoms with Gasteiger partial charge in [-0.05, 0) is 38.1 Å². The smallest absolute Gasteiger partial charge is 0.239 e. The molecule has 0 aliphatic carbocycles. The van der Waals surface area contributed by atoms with E-state index in [9.17, 15) is 9.59 Å². The number of benzene rings is 2. The molecule has 0 unspecified atom stereocenters. The zero-order valence-corrected chi connectivity index (χ0v) is 16.1. The number of methoxy groups -OCH3 is 3. The first-order valence-corrected chi connectivity index (χ1v) is 8.30.